The first kappa shape index (κ1) is 27.2. The molecule has 2 aromatic rings. The summed E-state index contributed by atoms with van der Waals surface area (Å²) < 4.78 is 38.8. The summed E-state index contributed by atoms with van der Waals surface area (Å²) in [5, 5.41) is 12.7. The SMILES string of the molecule is CC(C)C(NC(=O)C(F)(F)F)C(=O)N1C[C@H]2[C@@H]([C@H]1C(=O)NC(C(N)=O)c1nncc3cccnc13)C2(C)C. The number of rotatable bonds is 7. The lowest BCUT2D eigenvalue weighted by Crippen LogP contribution is -2.59. The molecule has 2 aliphatic rings. The zero-order valence-corrected chi connectivity index (χ0v) is 21.1. The number of nitrogens with zero attached hydrogens (tertiary/aromatic N) is 4. The van der Waals surface area contributed by atoms with Gasteiger partial charge in [-0.25, -0.2) is 0 Å². The molecule has 1 saturated heterocycles. The number of nitrogens with one attached hydrogen (secondary N) is 2. The van der Waals surface area contributed by atoms with Crippen LogP contribution in [0.4, 0.5) is 13.2 Å². The number of halogens is 3. The summed E-state index contributed by atoms with van der Waals surface area (Å²) in [4.78, 5) is 56.5. The largest absolute Gasteiger partial charge is 0.471 e. The number of fused-ring (bicyclic) bond motifs is 2. The maximum atomic E-state index is 13.6. The van der Waals surface area contributed by atoms with Crippen LogP contribution >= 0.6 is 0 Å². The molecule has 2 unspecified atom stereocenters. The van der Waals surface area contributed by atoms with Gasteiger partial charge >= 0.3 is 12.1 Å². The van der Waals surface area contributed by atoms with Crippen molar-refractivity contribution in [3.8, 4) is 0 Å². The highest BCUT2D eigenvalue weighted by Crippen LogP contribution is 2.65. The van der Waals surface area contributed by atoms with Crippen LogP contribution in [0.3, 0.4) is 0 Å². The van der Waals surface area contributed by atoms with Gasteiger partial charge in [0, 0.05) is 18.1 Å². The minimum absolute atomic E-state index is 0.0175. The highest BCUT2D eigenvalue weighted by molar-refractivity contribution is 5.97. The fraction of sp³-hybridized carbons (Fsp3) is 0.542. The smallest absolute Gasteiger partial charge is 0.368 e. The van der Waals surface area contributed by atoms with E-state index >= 15 is 0 Å². The zero-order valence-electron chi connectivity index (χ0n) is 21.1. The molecule has 4 amide bonds. The van der Waals surface area contributed by atoms with Crippen LogP contribution in [0.25, 0.3) is 10.9 Å². The summed E-state index contributed by atoms with van der Waals surface area (Å²) in [5.41, 5.74) is 5.58. The predicted octanol–water partition coefficient (Wildman–Crippen LogP) is 0.854. The average Bonchev–Trinajstić information content (AvgIpc) is 3.16. The van der Waals surface area contributed by atoms with Gasteiger partial charge < -0.3 is 21.3 Å². The van der Waals surface area contributed by atoms with Crippen molar-refractivity contribution in [2.75, 3.05) is 6.54 Å². The van der Waals surface area contributed by atoms with Gasteiger partial charge in [0.05, 0.1) is 11.7 Å². The number of pyridine rings is 1. The third-order valence-electron chi connectivity index (χ3n) is 7.53. The molecule has 5 atom stereocenters. The van der Waals surface area contributed by atoms with Gasteiger partial charge in [0.2, 0.25) is 17.7 Å². The maximum absolute atomic E-state index is 13.6. The van der Waals surface area contributed by atoms with Crippen molar-refractivity contribution >= 4 is 34.5 Å². The second kappa shape index (κ2) is 9.48. The van der Waals surface area contributed by atoms with Crippen LogP contribution in [0.15, 0.2) is 24.5 Å². The Balaban J connectivity index is 1.63. The molecular weight excluding hydrogens is 507 g/mol. The molecule has 204 valence electrons. The molecule has 4 N–H and O–H groups in total. The summed E-state index contributed by atoms with van der Waals surface area (Å²) in [6, 6.07) is -0.705. The van der Waals surface area contributed by atoms with Crippen LogP contribution < -0.4 is 16.4 Å². The van der Waals surface area contributed by atoms with E-state index in [1.807, 2.05) is 13.8 Å². The monoisotopic (exact) mass is 535 g/mol. The molecule has 1 aliphatic heterocycles. The predicted molar refractivity (Wildman–Crippen MR) is 126 cm³/mol. The van der Waals surface area contributed by atoms with Crippen LogP contribution in [-0.2, 0) is 19.2 Å². The Morgan fingerprint density at radius 2 is 1.87 bits per heavy atom. The Kier molecular flexibility index (Phi) is 6.78. The minimum atomic E-state index is -5.18. The summed E-state index contributed by atoms with van der Waals surface area (Å²) in [6.07, 6.45) is -2.27. The summed E-state index contributed by atoms with van der Waals surface area (Å²) in [5.74, 6) is -5.83. The van der Waals surface area contributed by atoms with E-state index in [0.29, 0.717) is 10.9 Å². The molecule has 4 rings (SSSR count). The summed E-state index contributed by atoms with van der Waals surface area (Å²) in [7, 11) is 0. The van der Waals surface area contributed by atoms with Gasteiger partial charge in [-0.15, -0.1) is 0 Å². The summed E-state index contributed by atoms with van der Waals surface area (Å²) >= 11 is 0. The number of primary amides is 1. The number of likely N-dealkylation sites (tertiary alicyclic amines) is 1. The lowest BCUT2D eigenvalue weighted by molar-refractivity contribution is -0.175. The van der Waals surface area contributed by atoms with Gasteiger partial charge in [-0.3, -0.25) is 24.2 Å². The molecule has 0 bridgehead atoms. The van der Waals surface area contributed by atoms with Gasteiger partial charge in [0.15, 0.2) is 6.04 Å². The van der Waals surface area contributed by atoms with E-state index in [1.165, 1.54) is 31.1 Å². The van der Waals surface area contributed by atoms with Crippen molar-refractivity contribution < 1.29 is 32.3 Å². The van der Waals surface area contributed by atoms with Gasteiger partial charge in [-0.05, 0) is 35.3 Å². The number of amides is 4. The molecule has 11 nitrogen and oxygen atoms in total. The van der Waals surface area contributed by atoms with Gasteiger partial charge in [-0.1, -0.05) is 27.7 Å². The molecule has 3 heterocycles. The van der Waals surface area contributed by atoms with Crippen LogP contribution in [0, 0.1) is 23.2 Å². The molecule has 2 aromatic heterocycles. The number of hydrogen-bond donors (Lipinski definition) is 3. The molecule has 2 fully saturated rings. The Bertz CT molecular complexity index is 1290. The number of alkyl halides is 3. The van der Waals surface area contributed by atoms with E-state index in [1.54, 1.807) is 17.4 Å². The van der Waals surface area contributed by atoms with Crippen molar-refractivity contribution in [2.45, 2.75) is 52.0 Å². The third-order valence-corrected chi connectivity index (χ3v) is 7.53. The fourth-order valence-corrected chi connectivity index (χ4v) is 5.36. The topological polar surface area (TPSA) is 160 Å². The van der Waals surface area contributed by atoms with Crippen molar-refractivity contribution in [2.24, 2.45) is 28.9 Å². The van der Waals surface area contributed by atoms with Crippen molar-refractivity contribution in [1.29, 1.82) is 0 Å². The van der Waals surface area contributed by atoms with E-state index < -0.39 is 53.8 Å². The number of piperidine rings is 1. The number of carbonyl (C=O) groups is 4. The normalized spacial score (nSPS) is 23.5. The van der Waals surface area contributed by atoms with Gasteiger partial charge in [0.25, 0.3) is 0 Å². The lowest BCUT2D eigenvalue weighted by Gasteiger charge is -2.34. The highest BCUT2D eigenvalue weighted by atomic mass is 19.4. The van der Waals surface area contributed by atoms with Crippen LogP contribution in [0.2, 0.25) is 0 Å². The first-order chi connectivity index (χ1) is 17.7. The Morgan fingerprint density at radius 1 is 1.18 bits per heavy atom. The number of hydrogen-bond acceptors (Lipinski definition) is 7. The Labute approximate surface area is 215 Å². The van der Waals surface area contributed by atoms with Crippen LogP contribution in [0.5, 0.6) is 0 Å². The zero-order chi connectivity index (χ0) is 28.2. The molecule has 1 aliphatic carbocycles. The highest BCUT2D eigenvalue weighted by Gasteiger charge is 2.69. The fourth-order valence-electron chi connectivity index (χ4n) is 5.36. The molecule has 38 heavy (non-hydrogen) atoms. The van der Waals surface area contributed by atoms with E-state index in [9.17, 15) is 32.3 Å². The van der Waals surface area contributed by atoms with E-state index in [-0.39, 0.29) is 29.5 Å². The molecule has 1 saturated carbocycles. The minimum Gasteiger partial charge on any atom is -0.368 e. The first-order valence-electron chi connectivity index (χ1n) is 12.0. The van der Waals surface area contributed by atoms with Crippen LogP contribution in [-0.4, -0.2) is 68.5 Å². The van der Waals surface area contributed by atoms with Gasteiger partial charge in [-0.2, -0.15) is 23.4 Å². The quantitative estimate of drug-likeness (QED) is 0.474. The van der Waals surface area contributed by atoms with E-state index in [2.05, 4.69) is 20.5 Å². The first-order valence-corrected chi connectivity index (χ1v) is 12.0. The molecule has 0 radical (unpaired) electrons. The Morgan fingerprint density at radius 3 is 2.47 bits per heavy atom. The third kappa shape index (κ3) is 4.74. The molecular formula is C24H28F3N7O4. The van der Waals surface area contributed by atoms with E-state index in [4.69, 9.17) is 5.73 Å². The maximum Gasteiger partial charge on any atom is 0.471 e. The number of carbonyl (C=O) groups excluding carboxylic acids is 4. The Hall–Kier alpha value is -3.84. The van der Waals surface area contributed by atoms with Crippen molar-refractivity contribution in [3.05, 3.63) is 30.2 Å². The average molecular weight is 536 g/mol. The van der Waals surface area contributed by atoms with Crippen LogP contribution in [0.1, 0.15) is 39.4 Å². The summed E-state index contributed by atoms with van der Waals surface area (Å²) in [6.45, 7) is 6.92. The van der Waals surface area contributed by atoms with E-state index in [0.717, 1.165) is 0 Å². The molecule has 0 spiro atoms. The molecule has 0 aromatic carbocycles. The standard InChI is InChI=1S/C24H28F3N7O4/c1-10(2)14(32-22(38)24(25,26)27)21(37)34-9-12-13(23(12,3)4)18(34)20(36)31-17(19(28)35)16-15-11(8-30-33-16)6-5-7-29-15/h5-8,10,12-14,17-18H,9H2,1-4H3,(H2,28,35)(H,31,36)(H,32,38)/t12-,13-,14?,17?,18-/m0/s1. The van der Waals surface area contributed by atoms with Crippen molar-refractivity contribution in [3.63, 3.8) is 0 Å². The number of nitrogens with two attached hydrogens (primary N) is 1. The second-order valence-corrected chi connectivity index (χ2v) is 10.6. The van der Waals surface area contributed by atoms with Gasteiger partial charge in [0.1, 0.15) is 17.8 Å². The van der Waals surface area contributed by atoms with Crippen molar-refractivity contribution in [1.82, 2.24) is 30.7 Å². The second-order valence-electron chi connectivity index (χ2n) is 10.6. The lowest BCUT2D eigenvalue weighted by atomic mass is 9.97. The molecule has 14 heteroatoms. The number of aromatic nitrogens is 3.